The number of rotatable bonds is 6. The average molecular weight is 458 g/mol. The summed E-state index contributed by atoms with van der Waals surface area (Å²) < 4.78 is 5.60. The molecule has 0 radical (unpaired) electrons. The lowest BCUT2D eigenvalue weighted by atomic mass is 9.94. The van der Waals surface area contributed by atoms with Gasteiger partial charge in [0.15, 0.2) is 0 Å². The second kappa shape index (κ2) is 9.19. The maximum Gasteiger partial charge on any atom is 0.300 e. The van der Waals surface area contributed by atoms with Gasteiger partial charge in [0.25, 0.3) is 17.4 Å². The normalized spacial score (nSPS) is 17.1. The predicted octanol–water partition coefficient (Wildman–Crippen LogP) is 4.93. The zero-order valence-electron chi connectivity index (χ0n) is 18.6. The molecule has 0 bridgehead atoms. The quantitative estimate of drug-likeness (QED) is 0.184. The highest BCUT2D eigenvalue weighted by atomic mass is 16.6. The van der Waals surface area contributed by atoms with Gasteiger partial charge in [-0.2, -0.15) is 0 Å². The molecule has 1 saturated heterocycles. The van der Waals surface area contributed by atoms with Crippen molar-refractivity contribution in [2.75, 3.05) is 11.5 Å². The molecular formula is C26H22N2O6. The number of anilines is 1. The highest BCUT2D eigenvalue weighted by molar-refractivity contribution is 6.51. The van der Waals surface area contributed by atoms with Gasteiger partial charge >= 0.3 is 0 Å². The second-order valence-electron chi connectivity index (χ2n) is 7.82. The van der Waals surface area contributed by atoms with Gasteiger partial charge in [0.05, 0.1) is 23.1 Å². The van der Waals surface area contributed by atoms with Crippen molar-refractivity contribution in [2.24, 2.45) is 0 Å². The Kier molecular flexibility index (Phi) is 6.14. The first-order chi connectivity index (χ1) is 16.3. The molecule has 1 N–H and O–H groups in total. The first kappa shape index (κ1) is 22.7. The minimum atomic E-state index is -0.956. The van der Waals surface area contributed by atoms with Crippen molar-refractivity contribution in [3.63, 3.8) is 0 Å². The molecule has 0 aromatic heterocycles. The van der Waals surface area contributed by atoms with Crippen molar-refractivity contribution in [3.05, 3.63) is 105 Å². The van der Waals surface area contributed by atoms with Gasteiger partial charge in [-0.15, -0.1) is 0 Å². The lowest BCUT2D eigenvalue weighted by Gasteiger charge is -2.26. The van der Waals surface area contributed by atoms with E-state index in [0.717, 1.165) is 5.56 Å². The van der Waals surface area contributed by atoms with E-state index in [-0.39, 0.29) is 16.8 Å². The Balaban J connectivity index is 1.94. The first-order valence-corrected chi connectivity index (χ1v) is 10.7. The minimum absolute atomic E-state index is 0.0714. The van der Waals surface area contributed by atoms with Crippen LogP contribution in [-0.2, 0) is 9.59 Å². The summed E-state index contributed by atoms with van der Waals surface area (Å²) in [7, 11) is 0. The van der Waals surface area contributed by atoms with Crippen LogP contribution in [0.5, 0.6) is 5.75 Å². The molecule has 0 aliphatic carbocycles. The van der Waals surface area contributed by atoms with Crippen LogP contribution in [0.1, 0.15) is 29.7 Å². The first-order valence-electron chi connectivity index (χ1n) is 10.7. The molecule has 1 amide bonds. The number of nitrogens with zero attached hydrogens (tertiary/aromatic N) is 2. The number of hydrogen-bond donors (Lipinski definition) is 1. The maximum absolute atomic E-state index is 13.2. The van der Waals surface area contributed by atoms with E-state index in [9.17, 15) is 24.8 Å². The summed E-state index contributed by atoms with van der Waals surface area (Å²) in [5.41, 5.74) is 1.69. The van der Waals surface area contributed by atoms with E-state index in [1.54, 1.807) is 36.4 Å². The zero-order chi connectivity index (χ0) is 24.4. The van der Waals surface area contributed by atoms with Crippen molar-refractivity contribution in [3.8, 4) is 5.75 Å². The Bertz CT molecular complexity index is 1310. The van der Waals surface area contributed by atoms with Gasteiger partial charge in [-0.1, -0.05) is 42.0 Å². The number of amides is 1. The average Bonchev–Trinajstić information content (AvgIpc) is 3.10. The zero-order valence-corrected chi connectivity index (χ0v) is 18.6. The Morgan fingerprint density at radius 2 is 1.76 bits per heavy atom. The van der Waals surface area contributed by atoms with Gasteiger partial charge in [0.1, 0.15) is 11.5 Å². The third-order valence-corrected chi connectivity index (χ3v) is 5.57. The van der Waals surface area contributed by atoms with Gasteiger partial charge in [-0.25, -0.2) is 0 Å². The number of aryl methyl sites for hydroxylation is 1. The molecular weight excluding hydrogens is 436 g/mol. The van der Waals surface area contributed by atoms with Gasteiger partial charge in [-0.3, -0.25) is 24.6 Å². The summed E-state index contributed by atoms with van der Waals surface area (Å²) in [6, 6.07) is 18.4. The standard InChI is InChI=1S/C26H22N2O6/c1-3-34-21-9-5-6-17(15-21)23-22(24(29)18-7-4-8-20(14-18)28(32)33)25(30)26(31)27(23)19-12-10-16(2)11-13-19/h4-15,23,29H,3H2,1-2H3/b24-22-. The fraction of sp³-hybridized carbons (Fsp3) is 0.154. The molecule has 4 rings (SSSR count). The number of non-ortho nitro benzene ring substituents is 1. The predicted molar refractivity (Wildman–Crippen MR) is 127 cm³/mol. The van der Waals surface area contributed by atoms with Crippen LogP contribution in [0.25, 0.3) is 5.76 Å². The Morgan fingerprint density at radius 1 is 1.06 bits per heavy atom. The van der Waals surface area contributed by atoms with Crippen LogP contribution in [0.4, 0.5) is 11.4 Å². The van der Waals surface area contributed by atoms with E-state index in [0.29, 0.717) is 23.6 Å². The summed E-state index contributed by atoms with van der Waals surface area (Å²) in [4.78, 5) is 38.4. The van der Waals surface area contributed by atoms with E-state index in [4.69, 9.17) is 4.74 Å². The number of ketones is 1. The topological polar surface area (TPSA) is 110 Å². The number of nitro groups is 1. The lowest BCUT2D eigenvalue weighted by Crippen LogP contribution is -2.29. The molecule has 1 atom stereocenters. The summed E-state index contributed by atoms with van der Waals surface area (Å²) in [6.45, 7) is 4.17. The third kappa shape index (κ3) is 4.13. The van der Waals surface area contributed by atoms with Crippen LogP contribution in [-0.4, -0.2) is 28.3 Å². The van der Waals surface area contributed by atoms with Crippen LogP contribution >= 0.6 is 0 Å². The molecule has 1 aliphatic rings. The molecule has 8 nitrogen and oxygen atoms in total. The van der Waals surface area contributed by atoms with Crippen molar-refractivity contribution in [1.29, 1.82) is 0 Å². The number of carbonyl (C=O) groups is 2. The Morgan fingerprint density at radius 3 is 2.44 bits per heavy atom. The molecule has 1 unspecified atom stereocenters. The van der Waals surface area contributed by atoms with E-state index < -0.39 is 28.4 Å². The van der Waals surface area contributed by atoms with Gasteiger partial charge in [-0.05, 0) is 43.7 Å². The highest BCUT2D eigenvalue weighted by Crippen LogP contribution is 2.43. The number of benzene rings is 3. The number of nitro benzene ring substituents is 1. The monoisotopic (exact) mass is 458 g/mol. The second-order valence-corrected chi connectivity index (χ2v) is 7.82. The molecule has 1 fully saturated rings. The van der Waals surface area contributed by atoms with Crippen LogP contribution in [0.3, 0.4) is 0 Å². The molecule has 8 heteroatoms. The molecule has 34 heavy (non-hydrogen) atoms. The van der Waals surface area contributed by atoms with Crippen LogP contribution in [0, 0.1) is 17.0 Å². The van der Waals surface area contributed by atoms with Crippen LogP contribution < -0.4 is 9.64 Å². The number of aliphatic hydroxyl groups excluding tert-OH is 1. The summed E-state index contributed by atoms with van der Waals surface area (Å²) in [5.74, 6) is -1.62. The van der Waals surface area contributed by atoms with Gasteiger partial charge < -0.3 is 9.84 Å². The molecule has 3 aromatic rings. The molecule has 172 valence electrons. The number of aliphatic hydroxyl groups is 1. The molecule has 1 aliphatic heterocycles. The Hall–Kier alpha value is -4.46. The summed E-state index contributed by atoms with van der Waals surface area (Å²) in [5, 5.41) is 22.4. The number of ether oxygens (including phenoxy) is 1. The summed E-state index contributed by atoms with van der Waals surface area (Å²) in [6.07, 6.45) is 0. The van der Waals surface area contributed by atoms with Crippen LogP contribution in [0.2, 0.25) is 0 Å². The number of carbonyl (C=O) groups excluding carboxylic acids is 2. The maximum atomic E-state index is 13.2. The number of Topliss-reactive ketones (excluding diaryl/α,β-unsaturated/α-hetero) is 1. The molecule has 1 heterocycles. The fourth-order valence-corrected chi connectivity index (χ4v) is 3.98. The summed E-state index contributed by atoms with van der Waals surface area (Å²) >= 11 is 0. The molecule has 0 spiro atoms. The van der Waals surface area contributed by atoms with Gasteiger partial charge in [0.2, 0.25) is 0 Å². The number of hydrogen-bond acceptors (Lipinski definition) is 6. The van der Waals surface area contributed by atoms with Crippen molar-refractivity contribution < 1.29 is 24.4 Å². The smallest absolute Gasteiger partial charge is 0.300 e. The van der Waals surface area contributed by atoms with Gasteiger partial charge in [0, 0.05) is 23.4 Å². The largest absolute Gasteiger partial charge is 0.507 e. The van der Waals surface area contributed by atoms with E-state index >= 15 is 0 Å². The van der Waals surface area contributed by atoms with Crippen molar-refractivity contribution in [1.82, 2.24) is 0 Å². The Labute approximate surface area is 195 Å². The van der Waals surface area contributed by atoms with E-state index in [1.807, 2.05) is 26.0 Å². The van der Waals surface area contributed by atoms with Crippen molar-refractivity contribution in [2.45, 2.75) is 19.9 Å². The fourth-order valence-electron chi connectivity index (χ4n) is 3.98. The van der Waals surface area contributed by atoms with Crippen molar-refractivity contribution >= 4 is 28.8 Å². The highest BCUT2D eigenvalue weighted by Gasteiger charge is 2.47. The molecule has 3 aromatic carbocycles. The molecule has 0 saturated carbocycles. The minimum Gasteiger partial charge on any atom is -0.507 e. The SMILES string of the molecule is CCOc1cccc(C2/C(=C(/O)c3cccc([N+](=O)[O-])c3)C(=O)C(=O)N2c2ccc(C)cc2)c1. The lowest BCUT2D eigenvalue weighted by molar-refractivity contribution is -0.384. The van der Waals surface area contributed by atoms with E-state index in [1.165, 1.54) is 29.2 Å². The van der Waals surface area contributed by atoms with E-state index in [2.05, 4.69) is 0 Å². The van der Waals surface area contributed by atoms with Crippen LogP contribution in [0.15, 0.2) is 78.4 Å². The third-order valence-electron chi connectivity index (χ3n) is 5.57.